The predicted molar refractivity (Wildman–Crippen MR) is 114 cm³/mol. The maximum Gasteiger partial charge on any atom is 0.170 e. The average molecular weight is 393 g/mol. The van der Waals surface area contributed by atoms with Gasteiger partial charge in [-0.05, 0) is 62.7 Å². The highest BCUT2D eigenvalue weighted by molar-refractivity contribution is 7.80. The van der Waals surface area contributed by atoms with E-state index >= 15 is 0 Å². The molecule has 0 amide bonds. The predicted octanol–water partition coefficient (Wildman–Crippen LogP) is 2.80. The third kappa shape index (κ3) is 3.63. The molecule has 1 saturated heterocycles. The molecule has 0 saturated carbocycles. The summed E-state index contributed by atoms with van der Waals surface area (Å²) in [4.78, 5) is 13.6. The maximum absolute atomic E-state index is 5.72. The van der Waals surface area contributed by atoms with Crippen LogP contribution in [-0.4, -0.2) is 56.6 Å². The molecular weight excluding hydrogens is 368 g/mol. The third-order valence-electron chi connectivity index (χ3n) is 4.97. The van der Waals surface area contributed by atoms with Gasteiger partial charge in [-0.15, -0.1) is 0 Å². The molecule has 28 heavy (non-hydrogen) atoms. The molecule has 3 aromatic rings. The zero-order valence-corrected chi connectivity index (χ0v) is 16.9. The number of pyridine rings is 2. The van der Waals surface area contributed by atoms with Gasteiger partial charge in [-0.1, -0.05) is 12.1 Å². The SMILES string of the molecule is CN(C)CCN1C(=S)N[C@H](c2ccccn2)[C@H]1c1cccn1-c1ccccn1. The minimum Gasteiger partial charge on any atom is -0.352 e. The molecule has 4 heterocycles. The fourth-order valence-corrected chi connectivity index (χ4v) is 3.95. The maximum atomic E-state index is 5.72. The summed E-state index contributed by atoms with van der Waals surface area (Å²) in [7, 11) is 4.16. The van der Waals surface area contributed by atoms with Crippen molar-refractivity contribution in [3.63, 3.8) is 0 Å². The average Bonchev–Trinajstić information content (AvgIpc) is 3.32. The van der Waals surface area contributed by atoms with Gasteiger partial charge in [0.25, 0.3) is 0 Å². The Hall–Kier alpha value is -2.77. The Morgan fingerprint density at radius 2 is 1.82 bits per heavy atom. The van der Waals surface area contributed by atoms with Gasteiger partial charge in [-0.3, -0.25) is 4.98 Å². The van der Waals surface area contributed by atoms with Crippen LogP contribution in [0, 0.1) is 0 Å². The van der Waals surface area contributed by atoms with E-state index in [-0.39, 0.29) is 12.1 Å². The van der Waals surface area contributed by atoms with Gasteiger partial charge in [0.05, 0.1) is 17.8 Å². The van der Waals surface area contributed by atoms with E-state index in [9.17, 15) is 0 Å². The van der Waals surface area contributed by atoms with Crippen LogP contribution in [0.25, 0.3) is 5.82 Å². The highest BCUT2D eigenvalue weighted by Crippen LogP contribution is 2.39. The largest absolute Gasteiger partial charge is 0.352 e. The molecule has 0 unspecified atom stereocenters. The van der Waals surface area contributed by atoms with Crippen LogP contribution < -0.4 is 5.32 Å². The summed E-state index contributed by atoms with van der Waals surface area (Å²) < 4.78 is 2.14. The van der Waals surface area contributed by atoms with E-state index in [0.29, 0.717) is 0 Å². The summed E-state index contributed by atoms with van der Waals surface area (Å²) in [5, 5.41) is 4.26. The van der Waals surface area contributed by atoms with Gasteiger partial charge in [0.2, 0.25) is 0 Å². The van der Waals surface area contributed by atoms with Crippen LogP contribution in [0.1, 0.15) is 23.5 Å². The summed E-state index contributed by atoms with van der Waals surface area (Å²) in [5.41, 5.74) is 2.12. The Morgan fingerprint density at radius 1 is 1.04 bits per heavy atom. The Balaban J connectivity index is 1.77. The van der Waals surface area contributed by atoms with Gasteiger partial charge in [0.1, 0.15) is 5.82 Å². The fourth-order valence-electron chi connectivity index (χ4n) is 3.62. The summed E-state index contributed by atoms with van der Waals surface area (Å²) >= 11 is 5.72. The summed E-state index contributed by atoms with van der Waals surface area (Å²) in [6.45, 7) is 1.75. The van der Waals surface area contributed by atoms with Gasteiger partial charge >= 0.3 is 0 Å². The molecule has 144 valence electrons. The van der Waals surface area contributed by atoms with Crippen molar-refractivity contribution in [2.24, 2.45) is 0 Å². The second-order valence-corrected chi connectivity index (χ2v) is 7.50. The van der Waals surface area contributed by atoms with Crippen molar-refractivity contribution in [2.45, 2.75) is 12.1 Å². The quantitative estimate of drug-likeness (QED) is 0.651. The third-order valence-corrected chi connectivity index (χ3v) is 5.32. The van der Waals surface area contributed by atoms with Gasteiger partial charge in [-0.25, -0.2) is 4.98 Å². The normalized spacial score (nSPS) is 19.2. The molecule has 1 aliphatic heterocycles. The number of nitrogens with zero attached hydrogens (tertiary/aromatic N) is 5. The first-order chi connectivity index (χ1) is 13.6. The van der Waals surface area contributed by atoms with Crippen molar-refractivity contribution in [1.29, 1.82) is 0 Å². The highest BCUT2D eigenvalue weighted by atomic mass is 32.1. The Kier molecular flexibility index (Phi) is 5.36. The topological polar surface area (TPSA) is 49.2 Å². The molecule has 6 nitrogen and oxygen atoms in total. The first kappa shape index (κ1) is 18.6. The molecule has 3 aromatic heterocycles. The smallest absolute Gasteiger partial charge is 0.170 e. The second-order valence-electron chi connectivity index (χ2n) is 7.11. The molecule has 2 atom stereocenters. The molecule has 0 aromatic carbocycles. The molecule has 1 aliphatic rings. The van der Waals surface area contributed by atoms with E-state index in [0.717, 1.165) is 35.4 Å². The number of rotatable bonds is 6. The highest BCUT2D eigenvalue weighted by Gasteiger charge is 2.41. The molecule has 0 bridgehead atoms. The van der Waals surface area contributed by atoms with Gasteiger partial charge < -0.3 is 19.7 Å². The monoisotopic (exact) mass is 392 g/mol. The van der Waals surface area contributed by atoms with Crippen LogP contribution in [0.5, 0.6) is 0 Å². The van der Waals surface area contributed by atoms with E-state index in [4.69, 9.17) is 12.2 Å². The lowest BCUT2D eigenvalue weighted by molar-refractivity contribution is 0.272. The molecule has 1 fully saturated rings. The minimum atomic E-state index is -0.0202. The Morgan fingerprint density at radius 3 is 2.50 bits per heavy atom. The van der Waals surface area contributed by atoms with Crippen molar-refractivity contribution in [3.8, 4) is 5.82 Å². The standard InChI is InChI=1S/C21H24N6S/c1-25(2)14-15-27-20(19(24-21(27)28)16-8-3-5-11-22-16)17-9-7-13-26(17)18-10-4-6-12-23-18/h3-13,19-20H,14-15H2,1-2H3,(H,24,28)/t19-,20-/m1/s1. The number of hydrogen-bond donors (Lipinski definition) is 1. The van der Waals surface area contributed by atoms with Crippen molar-refractivity contribution >= 4 is 17.3 Å². The second kappa shape index (κ2) is 8.08. The van der Waals surface area contributed by atoms with E-state index in [2.05, 4.69) is 68.1 Å². The lowest BCUT2D eigenvalue weighted by atomic mass is 10.0. The van der Waals surface area contributed by atoms with Crippen LogP contribution in [0.2, 0.25) is 0 Å². The molecule has 1 N–H and O–H groups in total. The van der Waals surface area contributed by atoms with Crippen LogP contribution in [0.3, 0.4) is 0 Å². The van der Waals surface area contributed by atoms with E-state index in [1.807, 2.05) is 42.7 Å². The molecular formula is C21H24N6S. The van der Waals surface area contributed by atoms with Crippen molar-refractivity contribution in [1.82, 2.24) is 29.7 Å². The number of likely N-dealkylation sites (N-methyl/N-ethyl adjacent to an activating group) is 1. The zero-order valence-electron chi connectivity index (χ0n) is 16.1. The molecule has 7 heteroatoms. The van der Waals surface area contributed by atoms with Crippen LogP contribution >= 0.6 is 12.2 Å². The number of aromatic nitrogens is 3. The van der Waals surface area contributed by atoms with Crippen LogP contribution in [0.15, 0.2) is 67.1 Å². The zero-order chi connectivity index (χ0) is 19.5. The minimum absolute atomic E-state index is 0.0202. The first-order valence-electron chi connectivity index (χ1n) is 9.36. The molecule has 4 rings (SSSR count). The molecule has 0 aliphatic carbocycles. The van der Waals surface area contributed by atoms with Crippen LogP contribution in [-0.2, 0) is 0 Å². The Labute approximate surface area is 170 Å². The van der Waals surface area contributed by atoms with E-state index < -0.39 is 0 Å². The van der Waals surface area contributed by atoms with E-state index in [1.165, 1.54) is 0 Å². The number of hydrogen-bond acceptors (Lipinski definition) is 4. The summed E-state index contributed by atoms with van der Waals surface area (Å²) in [6, 6.07) is 16.2. The van der Waals surface area contributed by atoms with Gasteiger partial charge in [0, 0.05) is 37.4 Å². The molecule has 0 radical (unpaired) electrons. The van der Waals surface area contributed by atoms with Gasteiger partial charge in [-0.2, -0.15) is 0 Å². The van der Waals surface area contributed by atoms with Crippen molar-refractivity contribution in [2.75, 3.05) is 27.2 Å². The first-order valence-corrected chi connectivity index (χ1v) is 9.77. The van der Waals surface area contributed by atoms with Crippen LogP contribution in [0.4, 0.5) is 0 Å². The van der Waals surface area contributed by atoms with E-state index in [1.54, 1.807) is 0 Å². The lowest BCUT2D eigenvalue weighted by Gasteiger charge is -2.29. The summed E-state index contributed by atoms with van der Waals surface area (Å²) in [6.07, 6.45) is 5.70. The lowest BCUT2D eigenvalue weighted by Crippen LogP contribution is -2.36. The Bertz CT molecular complexity index is 924. The fraction of sp³-hybridized carbons (Fsp3) is 0.286. The number of nitrogens with one attached hydrogen (secondary N) is 1. The summed E-state index contributed by atoms with van der Waals surface area (Å²) in [5.74, 6) is 0.896. The van der Waals surface area contributed by atoms with Crippen molar-refractivity contribution in [3.05, 3.63) is 78.5 Å². The number of thiocarbonyl (C=S) groups is 1. The van der Waals surface area contributed by atoms with Gasteiger partial charge in [0.15, 0.2) is 5.11 Å². The van der Waals surface area contributed by atoms with Crippen molar-refractivity contribution < 1.29 is 0 Å². The molecule has 0 spiro atoms.